The van der Waals surface area contributed by atoms with Gasteiger partial charge in [-0.05, 0) is 24.5 Å². The molecule has 0 unspecified atom stereocenters. The van der Waals surface area contributed by atoms with Gasteiger partial charge in [-0.15, -0.1) is 0 Å². The molecule has 2 N–H and O–H groups in total. The van der Waals surface area contributed by atoms with E-state index in [1.54, 1.807) is 0 Å². The van der Waals surface area contributed by atoms with E-state index in [1.807, 2.05) is 68.4 Å². The first-order valence-electron chi connectivity index (χ1n) is 9.72. The molecule has 6 heteroatoms. The van der Waals surface area contributed by atoms with Crippen molar-refractivity contribution in [1.29, 1.82) is 0 Å². The van der Waals surface area contributed by atoms with Crippen LogP contribution in [-0.4, -0.2) is 24.4 Å². The summed E-state index contributed by atoms with van der Waals surface area (Å²) in [5, 5.41) is 5.63. The second-order valence-corrected chi connectivity index (χ2v) is 6.97. The number of rotatable bonds is 9. The zero-order valence-electron chi connectivity index (χ0n) is 17.1. The Balaban J connectivity index is 1.88. The van der Waals surface area contributed by atoms with Crippen molar-refractivity contribution in [2.75, 3.05) is 6.61 Å². The Hall–Kier alpha value is -3.15. The van der Waals surface area contributed by atoms with Crippen molar-refractivity contribution < 1.29 is 19.1 Å². The average molecular weight is 396 g/mol. The highest BCUT2D eigenvalue weighted by molar-refractivity contribution is 5.81. The largest absolute Gasteiger partial charge is 0.456 e. The SMILES string of the molecule is CC[C@@H](NC(=O)COC(=O)C[C@@H](NC(C)=O)c1ccccc1)c1ccc(C)cc1. The van der Waals surface area contributed by atoms with Crippen molar-refractivity contribution in [3.63, 3.8) is 0 Å². The van der Waals surface area contributed by atoms with Crippen molar-refractivity contribution in [2.45, 2.75) is 45.7 Å². The van der Waals surface area contributed by atoms with Crippen molar-refractivity contribution in [3.8, 4) is 0 Å². The molecule has 0 bridgehead atoms. The van der Waals surface area contributed by atoms with Crippen LogP contribution in [0.5, 0.6) is 0 Å². The minimum atomic E-state index is -0.550. The molecule has 2 aromatic rings. The van der Waals surface area contributed by atoms with Crippen LogP contribution in [0, 0.1) is 6.92 Å². The van der Waals surface area contributed by atoms with E-state index in [9.17, 15) is 14.4 Å². The van der Waals surface area contributed by atoms with E-state index in [0.717, 1.165) is 23.1 Å². The summed E-state index contributed by atoms with van der Waals surface area (Å²) in [4.78, 5) is 35.9. The monoisotopic (exact) mass is 396 g/mol. The van der Waals surface area contributed by atoms with Crippen LogP contribution in [0.4, 0.5) is 0 Å². The van der Waals surface area contributed by atoms with Crippen LogP contribution < -0.4 is 10.6 Å². The molecule has 154 valence electrons. The summed E-state index contributed by atoms with van der Waals surface area (Å²) in [5.74, 6) is -1.15. The molecule has 0 aliphatic carbocycles. The highest BCUT2D eigenvalue weighted by Gasteiger charge is 2.19. The molecular weight excluding hydrogens is 368 g/mol. The Labute approximate surface area is 171 Å². The van der Waals surface area contributed by atoms with Gasteiger partial charge in [0, 0.05) is 6.92 Å². The van der Waals surface area contributed by atoms with Crippen LogP contribution in [0.15, 0.2) is 54.6 Å². The van der Waals surface area contributed by atoms with Crippen molar-refractivity contribution in [3.05, 3.63) is 71.3 Å². The number of hydrogen-bond donors (Lipinski definition) is 2. The van der Waals surface area contributed by atoms with Crippen LogP contribution in [0.3, 0.4) is 0 Å². The Bertz CT molecular complexity index is 819. The lowest BCUT2D eigenvalue weighted by Crippen LogP contribution is -2.33. The van der Waals surface area contributed by atoms with Gasteiger partial charge in [-0.25, -0.2) is 0 Å². The smallest absolute Gasteiger partial charge is 0.308 e. The fraction of sp³-hybridized carbons (Fsp3) is 0.348. The highest BCUT2D eigenvalue weighted by Crippen LogP contribution is 2.18. The van der Waals surface area contributed by atoms with E-state index in [1.165, 1.54) is 6.92 Å². The molecule has 0 aliphatic rings. The van der Waals surface area contributed by atoms with Crippen LogP contribution in [0.25, 0.3) is 0 Å². The number of hydrogen-bond acceptors (Lipinski definition) is 4. The predicted octanol–water partition coefficient (Wildman–Crippen LogP) is 3.37. The summed E-state index contributed by atoms with van der Waals surface area (Å²) in [6, 6.07) is 16.5. The van der Waals surface area contributed by atoms with Gasteiger partial charge in [0.1, 0.15) is 0 Å². The normalized spacial score (nSPS) is 12.5. The summed E-state index contributed by atoms with van der Waals surface area (Å²) in [6.45, 7) is 5.02. The van der Waals surface area contributed by atoms with Crippen molar-refractivity contribution in [1.82, 2.24) is 10.6 Å². The van der Waals surface area contributed by atoms with E-state index in [4.69, 9.17) is 4.74 Å². The third kappa shape index (κ3) is 7.41. The predicted molar refractivity (Wildman–Crippen MR) is 111 cm³/mol. The van der Waals surface area contributed by atoms with Gasteiger partial charge in [0.15, 0.2) is 6.61 Å². The molecule has 0 aromatic heterocycles. The fourth-order valence-corrected chi connectivity index (χ4v) is 3.01. The Morgan fingerprint density at radius 3 is 2.10 bits per heavy atom. The summed E-state index contributed by atoms with van der Waals surface area (Å²) in [5.41, 5.74) is 2.96. The summed E-state index contributed by atoms with van der Waals surface area (Å²) in [6.07, 6.45) is 0.674. The molecule has 0 heterocycles. The molecule has 29 heavy (non-hydrogen) atoms. The zero-order chi connectivity index (χ0) is 21.2. The second-order valence-electron chi connectivity index (χ2n) is 6.97. The summed E-state index contributed by atoms with van der Waals surface area (Å²) in [7, 11) is 0. The minimum Gasteiger partial charge on any atom is -0.456 e. The lowest BCUT2D eigenvalue weighted by Gasteiger charge is -2.19. The summed E-state index contributed by atoms with van der Waals surface area (Å²) >= 11 is 0. The highest BCUT2D eigenvalue weighted by atomic mass is 16.5. The topological polar surface area (TPSA) is 84.5 Å². The number of ether oxygens (including phenoxy) is 1. The number of carbonyl (C=O) groups excluding carboxylic acids is 3. The molecule has 0 saturated heterocycles. The zero-order valence-corrected chi connectivity index (χ0v) is 17.1. The molecule has 2 rings (SSSR count). The lowest BCUT2D eigenvalue weighted by molar-refractivity contribution is -0.149. The summed E-state index contributed by atoms with van der Waals surface area (Å²) < 4.78 is 5.14. The number of benzene rings is 2. The number of amides is 2. The molecule has 0 radical (unpaired) electrons. The van der Waals surface area contributed by atoms with Gasteiger partial charge in [0.25, 0.3) is 5.91 Å². The van der Waals surface area contributed by atoms with Gasteiger partial charge in [-0.1, -0.05) is 67.1 Å². The van der Waals surface area contributed by atoms with E-state index in [2.05, 4.69) is 10.6 Å². The fourth-order valence-electron chi connectivity index (χ4n) is 3.01. The van der Waals surface area contributed by atoms with Crippen LogP contribution in [0.1, 0.15) is 55.5 Å². The first-order valence-corrected chi connectivity index (χ1v) is 9.72. The van der Waals surface area contributed by atoms with E-state index in [-0.39, 0.29) is 30.9 Å². The molecule has 0 aliphatic heterocycles. The van der Waals surface area contributed by atoms with Crippen molar-refractivity contribution >= 4 is 17.8 Å². The molecule has 0 saturated carbocycles. The maximum absolute atomic E-state index is 12.2. The third-order valence-electron chi connectivity index (χ3n) is 4.54. The van der Waals surface area contributed by atoms with E-state index < -0.39 is 12.0 Å². The molecule has 2 amide bonds. The van der Waals surface area contributed by atoms with Crippen LogP contribution >= 0.6 is 0 Å². The van der Waals surface area contributed by atoms with Gasteiger partial charge in [-0.3, -0.25) is 14.4 Å². The quantitative estimate of drug-likeness (QED) is 0.637. The van der Waals surface area contributed by atoms with Crippen LogP contribution in [0.2, 0.25) is 0 Å². The van der Waals surface area contributed by atoms with Gasteiger partial charge >= 0.3 is 5.97 Å². The number of carbonyl (C=O) groups is 3. The second kappa shape index (κ2) is 11.0. The molecular formula is C23H28N2O4. The number of esters is 1. The first kappa shape index (κ1) is 22.1. The average Bonchev–Trinajstić information content (AvgIpc) is 2.71. The van der Waals surface area contributed by atoms with E-state index >= 15 is 0 Å². The van der Waals surface area contributed by atoms with Gasteiger partial charge < -0.3 is 15.4 Å². The maximum atomic E-state index is 12.2. The number of aryl methyl sites for hydroxylation is 1. The molecule has 6 nitrogen and oxygen atoms in total. The maximum Gasteiger partial charge on any atom is 0.308 e. The molecule has 2 atom stereocenters. The molecule has 0 spiro atoms. The molecule has 2 aromatic carbocycles. The third-order valence-corrected chi connectivity index (χ3v) is 4.54. The Morgan fingerprint density at radius 1 is 0.897 bits per heavy atom. The van der Waals surface area contributed by atoms with E-state index in [0.29, 0.717) is 0 Å². The minimum absolute atomic E-state index is 0.0496. The standard InChI is InChI=1S/C23H28N2O4/c1-4-20(19-12-10-16(2)11-13-19)25-22(27)15-29-23(28)14-21(24-17(3)26)18-8-6-5-7-9-18/h5-13,20-21H,4,14-15H2,1-3H3,(H,24,26)(H,25,27)/t20-,21-/m1/s1. The van der Waals surface area contributed by atoms with Gasteiger partial charge in [-0.2, -0.15) is 0 Å². The number of nitrogens with one attached hydrogen (secondary N) is 2. The van der Waals surface area contributed by atoms with Crippen LogP contribution in [-0.2, 0) is 19.1 Å². The Kier molecular flexibility index (Phi) is 8.40. The van der Waals surface area contributed by atoms with Crippen molar-refractivity contribution in [2.24, 2.45) is 0 Å². The Morgan fingerprint density at radius 2 is 1.52 bits per heavy atom. The first-order chi connectivity index (χ1) is 13.9. The lowest BCUT2D eigenvalue weighted by atomic mass is 10.0. The van der Waals surface area contributed by atoms with Gasteiger partial charge in [0.2, 0.25) is 5.91 Å². The molecule has 0 fully saturated rings. The van der Waals surface area contributed by atoms with Gasteiger partial charge in [0.05, 0.1) is 18.5 Å².